The van der Waals surface area contributed by atoms with Gasteiger partial charge in [0.1, 0.15) is 6.23 Å². The Hall–Kier alpha value is -0.860. The average molecular weight is 217 g/mol. The lowest BCUT2D eigenvalue weighted by Gasteiger charge is -2.37. The Morgan fingerprint density at radius 2 is 2.00 bits per heavy atom. The van der Waals surface area contributed by atoms with E-state index in [0.717, 1.165) is 6.61 Å². The van der Waals surface area contributed by atoms with E-state index in [2.05, 4.69) is 42.2 Å². The van der Waals surface area contributed by atoms with E-state index in [9.17, 15) is 0 Å². The predicted octanol–water partition coefficient (Wildman–Crippen LogP) is 2.96. The van der Waals surface area contributed by atoms with E-state index < -0.39 is 0 Å². The third-order valence-corrected chi connectivity index (χ3v) is 3.91. The van der Waals surface area contributed by atoms with Crippen LogP contribution >= 0.6 is 0 Å². The molecule has 3 rings (SSSR count). The first-order valence-electron chi connectivity index (χ1n) is 6.30. The molecule has 3 atom stereocenters. The van der Waals surface area contributed by atoms with Gasteiger partial charge in [0.05, 0.1) is 12.6 Å². The van der Waals surface area contributed by atoms with Crippen LogP contribution in [0, 0.1) is 0 Å². The molecule has 0 saturated carbocycles. The van der Waals surface area contributed by atoms with Crippen LogP contribution in [0.15, 0.2) is 30.3 Å². The summed E-state index contributed by atoms with van der Waals surface area (Å²) in [6.45, 7) is 3.19. The van der Waals surface area contributed by atoms with Gasteiger partial charge in [-0.05, 0) is 31.7 Å². The van der Waals surface area contributed by atoms with E-state index in [1.807, 2.05) is 0 Å². The Morgan fingerprint density at radius 1 is 1.19 bits per heavy atom. The Kier molecular flexibility index (Phi) is 2.70. The molecule has 0 aromatic heterocycles. The first-order valence-corrected chi connectivity index (χ1v) is 6.30. The first-order chi connectivity index (χ1) is 7.86. The molecule has 0 aliphatic carbocycles. The number of rotatable bonds is 1. The van der Waals surface area contributed by atoms with Crippen molar-refractivity contribution in [3.8, 4) is 0 Å². The van der Waals surface area contributed by atoms with Crippen LogP contribution in [0.5, 0.6) is 0 Å². The normalized spacial score (nSPS) is 34.9. The van der Waals surface area contributed by atoms with Crippen molar-refractivity contribution in [2.75, 3.05) is 6.61 Å². The molecule has 0 radical (unpaired) electrons. The second-order valence-electron chi connectivity index (χ2n) is 4.94. The molecule has 2 aliphatic heterocycles. The van der Waals surface area contributed by atoms with Gasteiger partial charge >= 0.3 is 0 Å². The Labute approximate surface area is 97.2 Å². The van der Waals surface area contributed by atoms with Crippen LogP contribution in [0.1, 0.15) is 37.8 Å². The minimum absolute atomic E-state index is 0.369. The highest BCUT2D eigenvalue weighted by Gasteiger charge is 2.40. The molecule has 2 nitrogen and oxygen atoms in total. The van der Waals surface area contributed by atoms with Crippen LogP contribution in [0.3, 0.4) is 0 Å². The Balaban J connectivity index is 1.86. The summed E-state index contributed by atoms with van der Waals surface area (Å²) in [5.41, 5.74) is 1.40. The van der Waals surface area contributed by atoms with Crippen molar-refractivity contribution < 1.29 is 4.74 Å². The van der Waals surface area contributed by atoms with Crippen molar-refractivity contribution in [1.29, 1.82) is 0 Å². The van der Waals surface area contributed by atoms with Gasteiger partial charge in [-0.2, -0.15) is 0 Å². The van der Waals surface area contributed by atoms with Crippen molar-refractivity contribution in [3.05, 3.63) is 35.9 Å². The van der Waals surface area contributed by atoms with Crippen molar-refractivity contribution in [1.82, 2.24) is 4.90 Å². The molecule has 0 bridgehead atoms. The molecule has 2 aliphatic rings. The molecule has 0 spiro atoms. The second-order valence-corrected chi connectivity index (χ2v) is 4.94. The molecule has 2 heteroatoms. The Morgan fingerprint density at radius 3 is 2.81 bits per heavy atom. The van der Waals surface area contributed by atoms with Gasteiger partial charge in [0.15, 0.2) is 0 Å². The summed E-state index contributed by atoms with van der Waals surface area (Å²) in [6.07, 6.45) is 4.19. The van der Waals surface area contributed by atoms with E-state index in [0.29, 0.717) is 18.3 Å². The maximum atomic E-state index is 5.92. The maximum absolute atomic E-state index is 5.92. The van der Waals surface area contributed by atoms with Crippen LogP contribution in [0.2, 0.25) is 0 Å². The monoisotopic (exact) mass is 217 g/mol. The topological polar surface area (TPSA) is 12.5 Å². The predicted molar refractivity (Wildman–Crippen MR) is 64.1 cm³/mol. The molecular formula is C14H19NO. The molecule has 2 fully saturated rings. The van der Waals surface area contributed by atoms with E-state index in [4.69, 9.17) is 4.74 Å². The molecule has 2 heterocycles. The Bertz CT molecular complexity index is 351. The van der Waals surface area contributed by atoms with E-state index in [-0.39, 0.29) is 0 Å². The number of fused-ring (bicyclic) bond motifs is 1. The van der Waals surface area contributed by atoms with Gasteiger partial charge in [0, 0.05) is 6.04 Å². The SMILES string of the molecule is C[C@H]1CCCC2OC[C@H](c3ccccc3)N21. The largest absolute Gasteiger partial charge is 0.361 e. The third kappa shape index (κ3) is 1.66. The lowest BCUT2D eigenvalue weighted by atomic mass is 9.98. The number of hydrogen-bond acceptors (Lipinski definition) is 2. The lowest BCUT2D eigenvalue weighted by Crippen LogP contribution is -2.42. The molecule has 0 N–H and O–H groups in total. The molecule has 2 saturated heterocycles. The van der Waals surface area contributed by atoms with Gasteiger partial charge in [0.25, 0.3) is 0 Å². The zero-order valence-electron chi connectivity index (χ0n) is 9.80. The van der Waals surface area contributed by atoms with Crippen LogP contribution < -0.4 is 0 Å². The van der Waals surface area contributed by atoms with Crippen LogP contribution in [0.4, 0.5) is 0 Å². The van der Waals surface area contributed by atoms with Crippen molar-refractivity contribution in [2.24, 2.45) is 0 Å². The molecule has 1 aromatic rings. The fourth-order valence-corrected chi connectivity index (χ4v) is 3.08. The van der Waals surface area contributed by atoms with Crippen molar-refractivity contribution >= 4 is 0 Å². The standard InChI is InChI=1S/C14H19NO/c1-11-6-5-9-14-15(11)13(10-16-14)12-7-3-2-4-8-12/h2-4,7-8,11,13-14H,5-6,9-10H2,1H3/t11-,13+,14?/m0/s1. The minimum atomic E-state index is 0.369. The third-order valence-electron chi connectivity index (χ3n) is 3.91. The van der Waals surface area contributed by atoms with Gasteiger partial charge in [-0.25, -0.2) is 0 Å². The summed E-state index contributed by atoms with van der Waals surface area (Å²) in [4.78, 5) is 2.57. The van der Waals surface area contributed by atoms with Gasteiger partial charge in [-0.15, -0.1) is 0 Å². The number of piperidine rings is 1. The maximum Gasteiger partial charge on any atom is 0.111 e. The summed E-state index contributed by atoms with van der Waals surface area (Å²) in [5, 5.41) is 0. The number of nitrogens with zero attached hydrogens (tertiary/aromatic N) is 1. The molecule has 1 aromatic carbocycles. The van der Waals surface area contributed by atoms with Gasteiger partial charge < -0.3 is 4.74 Å². The fourth-order valence-electron chi connectivity index (χ4n) is 3.08. The van der Waals surface area contributed by atoms with Crippen LogP contribution in [0.25, 0.3) is 0 Å². The van der Waals surface area contributed by atoms with E-state index in [1.165, 1.54) is 24.8 Å². The molecule has 1 unspecified atom stereocenters. The van der Waals surface area contributed by atoms with Crippen LogP contribution in [-0.4, -0.2) is 23.8 Å². The summed E-state index contributed by atoms with van der Waals surface area (Å²) < 4.78 is 5.92. The highest BCUT2D eigenvalue weighted by Crippen LogP contribution is 2.38. The number of hydrogen-bond donors (Lipinski definition) is 0. The average Bonchev–Trinajstić information content (AvgIpc) is 2.75. The quantitative estimate of drug-likeness (QED) is 0.717. The summed E-state index contributed by atoms with van der Waals surface area (Å²) in [6, 6.07) is 11.9. The highest BCUT2D eigenvalue weighted by molar-refractivity contribution is 5.20. The highest BCUT2D eigenvalue weighted by atomic mass is 16.5. The van der Waals surface area contributed by atoms with Gasteiger partial charge in [0.2, 0.25) is 0 Å². The summed E-state index contributed by atoms with van der Waals surface area (Å²) >= 11 is 0. The fraction of sp³-hybridized carbons (Fsp3) is 0.571. The zero-order chi connectivity index (χ0) is 11.0. The van der Waals surface area contributed by atoms with Crippen molar-refractivity contribution in [2.45, 2.75) is 44.5 Å². The first kappa shape index (κ1) is 10.3. The van der Waals surface area contributed by atoms with Crippen LogP contribution in [-0.2, 0) is 4.74 Å². The lowest BCUT2D eigenvalue weighted by molar-refractivity contribution is -0.0211. The van der Waals surface area contributed by atoms with Crippen molar-refractivity contribution in [3.63, 3.8) is 0 Å². The number of benzene rings is 1. The molecule has 16 heavy (non-hydrogen) atoms. The van der Waals surface area contributed by atoms with Gasteiger partial charge in [-0.3, -0.25) is 4.90 Å². The zero-order valence-corrected chi connectivity index (χ0v) is 9.80. The summed E-state index contributed by atoms with van der Waals surface area (Å²) in [5.74, 6) is 0. The molecule has 86 valence electrons. The number of ether oxygens (including phenoxy) is 1. The van der Waals surface area contributed by atoms with E-state index >= 15 is 0 Å². The smallest absolute Gasteiger partial charge is 0.111 e. The van der Waals surface area contributed by atoms with Gasteiger partial charge in [-0.1, -0.05) is 30.3 Å². The second kappa shape index (κ2) is 4.19. The minimum Gasteiger partial charge on any atom is -0.361 e. The summed E-state index contributed by atoms with van der Waals surface area (Å²) in [7, 11) is 0. The molecule has 0 amide bonds. The molecular weight excluding hydrogens is 198 g/mol. The van der Waals surface area contributed by atoms with E-state index in [1.54, 1.807) is 0 Å².